The zero-order valence-electron chi connectivity index (χ0n) is 12.1. The smallest absolute Gasteiger partial charge is 0.246 e. The van der Waals surface area contributed by atoms with Crippen LogP contribution in [0.2, 0.25) is 0 Å². The van der Waals surface area contributed by atoms with Crippen LogP contribution in [0.1, 0.15) is 18.5 Å². The van der Waals surface area contributed by atoms with E-state index in [2.05, 4.69) is 39.8 Å². The monoisotopic (exact) mass is 383 g/mol. The number of hydrogen-bond donors (Lipinski definition) is 0. The van der Waals surface area contributed by atoms with Crippen LogP contribution in [0.3, 0.4) is 0 Å². The Balaban J connectivity index is 2.40. The summed E-state index contributed by atoms with van der Waals surface area (Å²) >= 11 is 2.31. The number of rotatable bonds is 3. The van der Waals surface area contributed by atoms with Gasteiger partial charge in [0.2, 0.25) is 5.91 Å². The molecular formula is C15H18IN3O. The SMILES string of the molecule is Cc1cn(C(C)C(=O)N(C)C)nc1-c1ccccc1I. The van der Waals surface area contributed by atoms with E-state index in [0.717, 1.165) is 20.4 Å². The Labute approximate surface area is 132 Å². The normalized spacial score (nSPS) is 12.2. The molecule has 0 aliphatic rings. The van der Waals surface area contributed by atoms with Gasteiger partial charge in [-0.3, -0.25) is 9.48 Å². The molecule has 2 rings (SSSR count). The predicted molar refractivity (Wildman–Crippen MR) is 88.5 cm³/mol. The van der Waals surface area contributed by atoms with Crippen molar-refractivity contribution < 1.29 is 4.79 Å². The van der Waals surface area contributed by atoms with Crippen molar-refractivity contribution in [1.82, 2.24) is 14.7 Å². The number of halogens is 1. The van der Waals surface area contributed by atoms with Gasteiger partial charge < -0.3 is 4.90 Å². The molecule has 0 radical (unpaired) electrons. The minimum Gasteiger partial charge on any atom is -0.347 e. The first-order valence-electron chi connectivity index (χ1n) is 6.43. The Bertz CT molecular complexity index is 634. The highest BCUT2D eigenvalue weighted by Crippen LogP contribution is 2.27. The minimum atomic E-state index is -0.293. The van der Waals surface area contributed by atoms with Gasteiger partial charge >= 0.3 is 0 Å². The van der Waals surface area contributed by atoms with Gasteiger partial charge in [-0.05, 0) is 48.1 Å². The molecule has 5 heteroatoms. The van der Waals surface area contributed by atoms with Crippen molar-refractivity contribution in [3.8, 4) is 11.3 Å². The molecule has 1 aromatic heterocycles. The number of carbonyl (C=O) groups is 1. The van der Waals surface area contributed by atoms with Crippen LogP contribution < -0.4 is 0 Å². The Morgan fingerprint density at radius 3 is 2.60 bits per heavy atom. The summed E-state index contributed by atoms with van der Waals surface area (Å²) in [7, 11) is 3.52. The molecule has 20 heavy (non-hydrogen) atoms. The molecule has 1 aromatic carbocycles. The molecule has 4 nitrogen and oxygen atoms in total. The number of benzene rings is 1. The lowest BCUT2D eigenvalue weighted by molar-refractivity contribution is -0.131. The second kappa shape index (κ2) is 5.95. The topological polar surface area (TPSA) is 38.1 Å². The van der Waals surface area contributed by atoms with Crippen LogP contribution in [0.25, 0.3) is 11.3 Å². The molecule has 0 bridgehead atoms. The number of nitrogens with zero attached hydrogens (tertiary/aromatic N) is 3. The van der Waals surface area contributed by atoms with Gasteiger partial charge in [0.25, 0.3) is 0 Å². The van der Waals surface area contributed by atoms with Crippen molar-refractivity contribution >= 4 is 28.5 Å². The van der Waals surface area contributed by atoms with Crippen molar-refractivity contribution in [1.29, 1.82) is 0 Å². The number of likely N-dealkylation sites (N-methyl/N-ethyl adjacent to an activating group) is 1. The van der Waals surface area contributed by atoms with Crippen molar-refractivity contribution in [2.45, 2.75) is 19.9 Å². The van der Waals surface area contributed by atoms with Gasteiger partial charge in [-0.15, -0.1) is 0 Å². The van der Waals surface area contributed by atoms with E-state index in [0.29, 0.717) is 0 Å². The van der Waals surface area contributed by atoms with Gasteiger partial charge in [0.1, 0.15) is 6.04 Å². The summed E-state index contributed by atoms with van der Waals surface area (Å²) in [6, 6.07) is 7.84. The molecule has 106 valence electrons. The second-order valence-electron chi connectivity index (χ2n) is 5.03. The lowest BCUT2D eigenvalue weighted by atomic mass is 10.1. The summed E-state index contributed by atoms with van der Waals surface area (Å²) in [5.74, 6) is 0.0433. The summed E-state index contributed by atoms with van der Waals surface area (Å²) in [6.07, 6.45) is 1.94. The molecule has 0 aliphatic heterocycles. The van der Waals surface area contributed by atoms with E-state index < -0.39 is 0 Å². The highest BCUT2D eigenvalue weighted by atomic mass is 127. The van der Waals surface area contributed by atoms with Gasteiger partial charge in [-0.1, -0.05) is 18.2 Å². The summed E-state index contributed by atoms with van der Waals surface area (Å²) in [6.45, 7) is 3.89. The van der Waals surface area contributed by atoms with E-state index in [1.807, 2.05) is 32.2 Å². The van der Waals surface area contributed by atoms with Crippen molar-refractivity contribution in [2.75, 3.05) is 14.1 Å². The first-order valence-corrected chi connectivity index (χ1v) is 7.51. The summed E-state index contributed by atoms with van der Waals surface area (Å²) in [5.41, 5.74) is 3.12. The molecule has 0 saturated carbocycles. The Hall–Kier alpha value is -1.37. The zero-order valence-corrected chi connectivity index (χ0v) is 14.2. The van der Waals surface area contributed by atoms with Gasteiger partial charge in [0.05, 0.1) is 5.69 Å². The highest BCUT2D eigenvalue weighted by Gasteiger charge is 2.20. The Morgan fingerprint density at radius 2 is 2.00 bits per heavy atom. The van der Waals surface area contributed by atoms with E-state index in [1.165, 1.54) is 0 Å². The fourth-order valence-corrected chi connectivity index (χ4v) is 2.73. The largest absolute Gasteiger partial charge is 0.347 e. The number of aryl methyl sites for hydroxylation is 1. The quantitative estimate of drug-likeness (QED) is 0.764. The van der Waals surface area contributed by atoms with E-state index in [1.54, 1.807) is 23.7 Å². The molecule has 1 heterocycles. The van der Waals surface area contributed by atoms with Gasteiger partial charge in [0.15, 0.2) is 0 Å². The second-order valence-corrected chi connectivity index (χ2v) is 6.19. The van der Waals surface area contributed by atoms with Crippen LogP contribution in [0.4, 0.5) is 0 Å². The first kappa shape index (κ1) is 15.0. The fourth-order valence-electron chi connectivity index (χ4n) is 2.09. The molecule has 0 spiro atoms. The number of amides is 1. The average Bonchev–Trinajstić information content (AvgIpc) is 2.79. The van der Waals surface area contributed by atoms with E-state index in [-0.39, 0.29) is 11.9 Å². The lowest BCUT2D eigenvalue weighted by Crippen LogP contribution is -2.30. The molecular weight excluding hydrogens is 365 g/mol. The summed E-state index contributed by atoms with van der Waals surface area (Å²) < 4.78 is 2.90. The highest BCUT2D eigenvalue weighted by molar-refractivity contribution is 14.1. The van der Waals surface area contributed by atoms with Crippen LogP contribution in [-0.4, -0.2) is 34.7 Å². The molecule has 1 amide bonds. The lowest BCUT2D eigenvalue weighted by Gasteiger charge is -2.16. The molecule has 1 atom stereocenters. The van der Waals surface area contributed by atoms with E-state index >= 15 is 0 Å². The maximum Gasteiger partial charge on any atom is 0.246 e. The van der Waals surface area contributed by atoms with Crippen molar-refractivity contribution in [3.05, 3.63) is 39.6 Å². The zero-order chi connectivity index (χ0) is 14.9. The van der Waals surface area contributed by atoms with Crippen molar-refractivity contribution in [2.24, 2.45) is 0 Å². The summed E-state index contributed by atoms with van der Waals surface area (Å²) in [5, 5.41) is 4.61. The number of aromatic nitrogens is 2. The Kier molecular flexibility index (Phi) is 4.47. The molecule has 2 aromatic rings. The van der Waals surface area contributed by atoms with Crippen LogP contribution in [0.15, 0.2) is 30.5 Å². The third-order valence-corrected chi connectivity index (χ3v) is 4.18. The summed E-state index contributed by atoms with van der Waals surface area (Å²) in [4.78, 5) is 13.6. The van der Waals surface area contributed by atoms with Gasteiger partial charge in [-0.2, -0.15) is 5.10 Å². The first-order chi connectivity index (χ1) is 9.41. The molecule has 0 aliphatic carbocycles. The molecule has 0 N–H and O–H groups in total. The standard InChI is InChI=1S/C15H18IN3O/c1-10-9-19(11(2)15(20)18(3)4)17-14(10)12-7-5-6-8-13(12)16/h5-9,11H,1-4H3. The molecule has 0 saturated heterocycles. The number of hydrogen-bond acceptors (Lipinski definition) is 2. The fraction of sp³-hybridized carbons (Fsp3) is 0.333. The third kappa shape index (κ3) is 2.87. The maximum atomic E-state index is 12.0. The number of carbonyl (C=O) groups excluding carboxylic acids is 1. The van der Waals surface area contributed by atoms with Gasteiger partial charge in [0, 0.05) is 29.4 Å². The maximum absolute atomic E-state index is 12.0. The molecule has 1 unspecified atom stereocenters. The van der Waals surface area contributed by atoms with Crippen LogP contribution in [0.5, 0.6) is 0 Å². The van der Waals surface area contributed by atoms with E-state index in [9.17, 15) is 4.79 Å². The van der Waals surface area contributed by atoms with Crippen LogP contribution in [0, 0.1) is 10.5 Å². The Morgan fingerprint density at radius 1 is 1.35 bits per heavy atom. The van der Waals surface area contributed by atoms with Crippen molar-refractivity contribution in [3.63, 3.8) is 0 Å². The van der Waals surface area contributed by atoms with E-state index in [4.69, 9.17) is 0 Å². The molecule has 0 fully saturated rings. The van der Waals surface area contributed by atoms with Gasteiger partial charge in [-0.25, -0.2) is 0 Å². The average molecular weight is 383 g/mol. The minimum absolute atomic E-state index is 0.0433. The van der Waals surface area contributed by atoms with Crippen LogP contribution in [-0.2, 0) is 4.79 Å². The predicted octanol–water partition coefficient (Wildman–Crippen LogP) is 3.11. The van der Waals surface area contributed by atoms with Crippen LogP contribution >= 0.6 is 22.6 Å². The third-order valence-electron chi connectivity index (χ3n) is 3.24.